The zero-order chi connectivity index (χ0) is 11.1. The Hall–Kier alpha value is -2.17. The minimum atomic E-state index is 0.635. The summed E-state index contributed by atoms with van der Waals surface area (Å²) in [6.07, 6.45) is 2.03. The van der Waals surface area contributed by atoms with E-state index in [-0.39, 0.29) is 0 Å². The van der Waals surface area contributed by atoms with Gasteiger partial charge in [0.25, 0.3) is 0 Å². The molecule has 0 fully saturated rings. The Balaban J connectivity index is 2.40. The average molecular weight is 213 g/mol. The number of para-hydroxylation sites is 1. The van der Waals surface area contributed by atoms with Gasteiger partial charge >= 0.3 is 0 Å². The minimum absolute atomic E-state index is 0.635. The summed E-state index contributed by atoms with van der Waals surface area (Å²) in [6, 6.07) is 6.22. The number of rotatable bonds is 1. The van der Waals surface area contributed by atoms with Crippen LogP contribution < -0.4 is 0 Å². The summed E-state index contributed by atoms with van der Waals surface area (Å²) in [5.74, 6) is 0.635. The van der Waals surface area contributed by atoms with Crippen LogP contribution in [0.25, 0.3) is 22.3 Å². The number of aryl methyl sites for hydroxylation is 2. The monoisotopic (exact) mass is 213 g/mol. The van der Waals surface area contributed by atoms with Gasteiger partial charge < -0.3 is 4.57 Å². The number of benzene rings is 1. The van der Waals surface area contributed by atoms with Crippen LogP contribution in [0.3, 0.4) is 0 Å². The van der Waals surface area contributed by atoms with Crippen molar-refractivity contribution in [1.82, 2.24) is 25.2 Å². The second-order valence-corrected chi connectivity index (χ2v) is 3.86. The molecule has 0 saturated heterocycles. The number of aromatic amines is 1. The highest BCUT2D eigenvalue weighted by Crippen LogP contribution is 2.29. The van der Waals surface area contributed by atoms with Crippen molar-refractivity contribution in [2.75, 3.05) is 0 Å². The van der Waals surface area contributed by atoms with E-state index in [1.807, 2.05) is 19.3 Å². The molecule has 0 aliphatic rings. The fraction of sp³-hybridized carbons (Fsp3) is 0.182. The van der Waals surface area contributed by atoms with Crippen LogP contribution in [-0.2, 0) is 7.05 Å². The Labute approximate surface area is 92.1 Å². The first kappa shape index (κ1) is 9.08. The zero-order valence-corrected chi connectivity index (χ0v) is 9.10. The van der Waals surface area contributed by atoms with E-state index in [1.54, 1.807) is 0 Å². The molecule has 5 heteroatoms. The van der Waals surface area contributed by atoms with Gasteiger partial charge in [-0.3, -0.25) is 0 Å². The van der Waals surface area contributed by atoms with Crippen LogP contribution in [0.1, 0.15) is 5.56 Å². The van der Waals surface area contributed by atoms with Crippen molar-refractivity contribution in [3.8, 4) is 11.4 Å². The molecule has 0 bridgehead atoms. The first-order valence-corrected chi connectivity index (χ1v) is 5.06. The van der Waals surface area contributed by atoms with Crippen molar-refractivity contribution in [1.29, 1.82) is 0 Å². The highest BCUT2D eigenvalue weighted by molar-refractivity contribution is 5.95. The third-order valence-corrected chi connectivity index (χ3v) is 2.79. The van der Waals surface area contributed by atoms with Crippen LogP contribution in [-0.4, -0.2) is 25.2 Å². The first-order valence-electron chi connectivity index (χ1n) is 5.06. The SMILES string of the molecule is Cc1cccc2c(-c3nn[nH]n3)cn(C)c12. The topological polar surface area (TPSA) is 59.4 Å². The predicted molar refractivity (Wildman–Crippen MR) is 60.8 cm³/mol. The molecule has 0 saturated carbocycles. The summed E-state index contributed by atoms with van der Waals surface area (Å²) in [4.78, 5) is 0. The average Bonchev–Trinajstić information content (AvgIpc) is 2.86. The van der Waals surface area contributed by atoms with Gasteiger partial charge in [-0.1, -0.05) is 18.2 Å². The van der Waals surface area contributed by atoms with Gasteiger partial charge in [0, 0.05) is 24.2 Å². The summed E-state index contributed by atoms with van der Waals surface area (Å²) in [7, 11) is 2.03. The Bertz CT molecular complexity index is 636. The van der Waals surface area contributed by atoms with Crippen molar-refractivity contribution in [3.63, 3.8) is 0 Å². The van der Waals surface area contributed by atoms with Gasteiger partial charge in [-0.05, 0) is 17.7 Å². The quantitative estimate of drug-likeness (QED) is 0.668. The number of aromatic nitrogens is 5. The zero-order valence-electron chi connectivity index (χ0n) is 9.10. The van der Waals surface area contributed by atoms with Crippen LogP contribution >= 0.6 is 0 Å². The van der Waals surface area contributed by atoms with E-state index >= 15 is 0 Å². The van der Waals surface area contributed by atoms with Crippen molar-refractivity contribution < 1.29 is 0 Å². The van der Waals surface area contributed by atoms with Gasteiger partial charge in [-0.15, -0.1) is 10.2 Å². The first-order chi connectivity index (χ1) is 7.77. The van der Waals surface area contributed by atoms with Gasteiger partial charge in [0.15, 0.2) is 0 Å². The molecule has 16 heavy (non-hydrogen) atoms. The molecule has 0 aliphatic carbocycles. The summed E-state index contributed by atoms with van der Waals surface area (Å²) in [6.45, 7) is 2.10. The van der Waals surface area contributed by atoms with E-state index < -0.39 is 0 Å². The maximum Gasteiger partial charge on any atom is 0.206 e. The Kier molecular flexibility index (Phi) is 1.80. The van der Waals surface area contributed by atoms with Crippen molar-refractivity contribution in [3.05, 3.63) is 30.0 Å². The Morgan fingerprint density at radius 1 is 1.31 bits per heavy atom. The summed E-state index contributed by atoms with van der Waals surface area (Å²) in [5.41, 5.74) is 3.46. The lowest BCUT2D eigenvalue weighted by atomic mass is 10.1. The molecule has 1 aromatic carbocycles. The third-order valence-electron chi connectivity index (χ3n) is 2.79. The molecule has 0 aliphatic heterocycles. The number of hydrogen-bond donors (Lipinski definition) is 1. The molecule has 80 valence electrons. The molecular formula is C11H11N5. The number of hydrogen-bond acceptors (Lipinski definition) is 3. The number of tetrazole rings is 1. The minimum Gasteiger partial charge on any atom is -0.350 e. The lowest BCUT2D eigenvalue weighted by molar-refractivity contribution is 0.881. The predicted octanol–water partition coefficient (Wildman–Crippen LogP) is 1.67. The standard InChI is InChI=1S/C11H11N5/c1-7-4-3-5-8-9(6-16(2)10(7)8)11-12-14-15-13-11/h3-6H,1-2H3,(H,12,13,14,15). The molecule has 1 N–H and O–H groups in total. The van der Waals surface area contributed by atoms with E-state index in [9.17, 15) is 0 Å². The smallest absolute Gasteiger partial charge is 0.206 e. The molecular weight excluding hydrogens is 202 g/mol. The Morgan fingerprint density at radius 2 is 2.19 bits per heavy atom. The van der Waals surface area contributed by atoms with Crippen molar-refractivity contribution >= 4 is 10.9 Å². The number of fused-ring (bicyclic) bond motifs is 1. The highest BCUT2D eigenvalue weighted by Gasteiger charge is 2.12. The van der Waals surface area contributed by atoms with E-state index in [4.69, 9.17) is 0 Å². The molecule has 2 heterocycles. The fourth-order valence-electron chi connectivity index (χ4n) is 2.13. The maximum absolute atomic E-state index is 4.02. The molecule has 0 unspecified atom stereocenters. The molecule has 5 nitrogen and oxygen atoms in total. The van der Waals surface area contributed by atoms with E-state index in [0.29, 0.717) is 5.82 Å². The maximum atomic E-state index is 4.02. The molecule has 3 aromatic rings. The van der Waals surface area contributed by atoms with Crippen molar-refractivity contribution in [2.45, 2.75) is 6.92 Å². The van der Waals surface area contributed by atoms with Gasteiger partial charge in [-0.25, -0.2) is 0 Å². The lowest BCUT2D eigenvalue weighted by Crippen LogP contribution is -1.86. The van der Waals surface area contributed by atoms with Crippen molar-refractivity contribution in [2.24, 2.45) is 7.05 Å². The lowest BCUT2D eigenvalue weighted by Gasteiger charge is -1.99. The van der Waals surface area contributed by atoms with Crippen LogP contribution in [0.5, 0.6) is 0 Å². The highest BCUT2D eigenvalue weighted by atomic mass is 15.5. The largest absolute Gasteiger partial charge is 0.350 e. The van der Waals surface area contributed by atoms with Gasteiger partial charge in [0.1, 0.15) is 0 Å². The molecule has 0 atom stereocenters. The molecule has 0 radical (unpaired) electrons. The number of H-pyrrole nitrogens is 1. The Morgan fingerprint density at radius 3 is 2.94 bits per heavy atom. The van der Waals surface area contributed by atoms with Crippen LogP contribution in [0.2, 0.25) is 0 Å². The van der Waals surface area contributed by atoms with Gasteiger partial charge in [0.2, 0.25) is 5.82 Å². The van der Waals surface area contributed by atoms with Crippen LogP contribution in [0.4, 0.5) is 0 Å². The van der Waals surface area contributed by atoms with Crippen LogP contribution in [0, 0.1) is 6.92 Å². The molecule has 0 spiro atoms. The molecule has 0 amide bonds. The number of nitrogens with one attached hydrogen (secondary N) is 1. The number of nitrogens with zero attached hydrogens (tertiary/aromatic N) is 4. The summed E-state index contributed by atoms with van der Waals surface area (Å²) in [5, 5.41) is 15.3. The normalized spacial score (nSPS) is 11.1. The second-order valence-electron chi connectivity index (χ2n) is 3.86. The van der Waals surface area contributed by atoms with E-state index in [2.05, 4.69) is 44.2 Å². The van der Waals surface area contributed by atoms with Crippen LogP contribution in [0.15, 0.2) is 24.4 Å². The molecule has 3 rings (SSSR count). The fourth-order valence-corrected chi connectivity index (χ4v) is 2.13. The van der Waals surface area contributed by atoms with E-state index in [1.165, 1.54) is 11.1 Å². The molecule has 2 aromatic heterocycles. The second kappa shape index (κ2) is 3.16. The summed E-state index contributed by atoms with van der Waals surface area (Å²) < 4.78 is 2.09. The van der Waals surface area contributed by atoms with Gasteiger partial charge in [-0.2, -0.15) is 5.21 Å². The third kappa shape index (κ3) is 1.14. The summed E-state index contributed by atoms with van der Waals surface area (Å²) >= 11 is 0. The van der Waals surface area contributed by atoms with E-state index in [0.717, 1.165) is 10.9 Å². The van der Waals surface area contributed by atoms with Gasteiger partial charge in [0.05, 0.1) is 5.52 Å².